The fraction of sp³-hybridized carbons (Fsp3) is 0.538. The summed E-state index contributed by atoms with van der Waals surface area (Å²) in [5.41, 5.74) is 0.815. The van der Waals surface area contributed by atoms with Crippen LogP contribution in [0.3, 0.4) is 0 Å². The van der Waals surface area contributed by atoms with Gasteiger partial charge in [0.25, 0.3) is 0 Å². The summed E-state index contributed by atoms with van der Waals surface area (Å²) < 4.78 is 13.3. The normalized spacial score (nSPS) is 26.1. The predicted molar refractivity (Wildman–Crippen MR) is 66.5 cm³/mol. The molecule has 2 unspecified atom stereocenters. The van der Waals surface area contributed by atoms with Gasteiger partial charge < -0.3 is 5.11 Å². The van der Waals surface area contributed by atoms with Crippen molar-refractivity contribution < 1.29 is 9.50 Å². The van der Waals surface area contributed by atoms with E-state index in [0.29, 0.717) is 6.54 Å². The van der Waals surface area contributed by atoms with Crippen LogP contribution in [0.2, 0.25) is 5.02 Å². The second kappa shape index (κ2) is 5.34. The molecule has 1 aromatic rings. The molecule has 0 radical (unpaired) electrons. The zero-order valence-electron chi connectivity index (χ0n) is 9.87. The van der Waals surface area contributed by atoms with E-state index in [1.807, 2.05) is 13.0 Å². The highest BCUT2D eigenvalue weighted by atomic mass is 35.5. The molecular formula is C13H17ClFNO. The van der Waals surface area contributed by atoms with Crippen LogP contribution in [0.4, 0.5) is 4.39 Å². The largest absolute Gasteiger partial charge is 0.393 e. The van der Waals surface area contributed by atoms with E-state index in [0.717, 1.165) is 25.1 Å². The molecule has 1 heterocycles. The Bertz CT molecular complexity index is 399. The summed E-state index contributed by atoms with van der Waals surface area (Å²) in [5.74, 6) is -0.106. The lowest BCUT2D eigenvalue weighted by Gasteiger charge is -2.34. The third-order valence-corrected chi connectivity index (χ3v) is 3.79. The Morgan fingerprint density at radius 1 is 1.53 bits per heavy atom. The fourth-order valence-electron chi connectivity index (χ4n) is 2.27. The van der Waals surface area contributed by atoms with Crippen LogP contribution in [0.1, 0.15) is 18.9 Å². The minimum absolute atomic E-state index is 0.214. The van der Waals surface area contributed by atoms with Crippen LogP contribution in [-0.4, -0.2) is 29.2 Å². The van der Waals surface area contributed by atoms with Crippen LogP contribution < -0.4 is 0 Å². The van der Waals surface area contributed by atoms with Crippen LogP contribution in [-0.2, 0) is 6.54 Å². The third kappa shape index (κ3) is 2.97. The van der Waals surface area contributed by atoms with Gasteiger partial charge in [0, 0.05) is 19.6 Å². The third-order valence-electron chi connectivity index (χ3n) is 3.37. The van der Waals surface area contributed by atoms with E-state index in [-0.39, 0.29) is 22.9 Å². The second-order valence-electron chi connectivity index (χ2n) is 4.78. The second-order valence-corrected chi connectivity index (χ2v) is 5.16. The first-order chi connectivity index (χ1) is 8.08. The Labute approximate surface area is 106 Å². The van der Waals surface area contributed by atoms with Crippen molar-refractivity contribution in [2.45, 2.75) is 26.0 Å². The van der Waals surface area contributed by atoms with Crippen molar-refractivity contribution in [1.29, 1.82) is 0 Å². The van der Waals surface area contributed by atoms with Gasteiger partial charge in [0.15, 0.2) is 0 Å². The summed E-state index contributed by atoms with van der Waals surface area (Å²) in [5, 5.41) is 9.86. The molecule has 1 aromatic carbocycles. The Balaban J connectivity index is 2.04. The average molecular weight is 258 g/mol. The highest BCUT2D eigenvalue weighted by Crippen LogP contribution is 2.24. The van der Waals surface area contributed by atoms with Crippen molar-refractivity contribution in [3.05, 3.63) is 34.6 Å². The molecule has 2 nitrogen and oxygen atoms in total. The van der Waals surface area contributed by atoms with Gasteiger partial charge in [-0.15, -0.1) is 0 Å². The molecule has 0 amide bonds. The Morgan fingerprint density at radius 3 is 3.00 bits per heavy atom. The maximum atomic E-state index is 13.3. The molecule has 2 atom stereocenters. The summed E-state index contributed by atoms with van der Waals surface area (Å²) in [6.07, 6.45) is 0.558. The van der Waals surface area contributed by atoms with Crippen molar-refractivity contribution in [2.75, 3.05) is 13.1 Å². The summed E-state index contributed by atoms with van der Waals surface area (Å²) >= 11 is 5.93. The predicted octanol–water partition coefficient (Wildman–Crippen LogP) is 2.68. The lowest BCUT2D eigenvalue weighted by atomic mass is 9.96. The summed E-state index contributed by atoms with van der Waals surface area (Å²) in [6.45, 7) is 4.34. The monoisotopic (exact) mass is 257 g/mol. The van der Waals surface area contributed by atoms with Gasteiger partial charge in [-0.2, -0.15) is 0 Å². The first kappa shape index (κ1) is 12.8. The Kier molecular flexibility index (Phi) is 4.02. The zero-order chi connectivity index (χ0) is 12.4. The van der Waals surface area contributed by atoms with Crippen LogP contribution in [0.25, 0.3) is 0 Å². The van der Waals surface area contributed by atoms with Crippen molar-refractivity contribution in [1.82, 2.24) is 4.90 Å². The van der Waals surface area contributed by atoms with E-state index in [2.05, 4.69) is 4.90 Å². The Morgan fingerprint density at radius 2 is 2.29 bits per heavy atom. The molecule has 4 heteroatoms. The summed E-state index contributed by atoms with van der Waals surface area (Å²) in [7, 11) is 0. The first-order valence-corrected chi connectivity index (χ1v) is 6.29. The lowest BCUT2D eigenvalue weighted by molar-refractivity contribution is 0.0320. The maximum absolute atomic E-state index is 13.3. The molecule has 0 bridgehead atoms. The minimum Gasteiger partial charge on any atom is -0.393 e. The van der Waals surface area contributed by atoms with E-state index in [1.54, 1.807) is 6.07 Å². The molecule has 1 saturated heterocycles. The standard InChI is InChI=1S/C13H17ClFNO/c1-9-7-16(6-5-12(9)17)8-10-3-2-4-11(15)13(10)14/h2-4,9,12,17H,5-8H2,1H3. The van der Waals surface area contributed by atoms with Gasteiger partial charge in [-0.1, -0.05) is 30.7 Å². The Hall–Kier alpha value is -0.640. The number of halogens is 2. The number of nitrogens with zero attached hydrogens (tertiary/aromatic N) is 1. The van der Waals surface area contributed by atoms with Crippen LogP contribution >= 0.6 is 11.6 Å². The molecule has 0 spiro atoms. The average Bonchev–Trinajstić information content (AvgIpc) is 2.30. The van der Waals surface area contributed by atoms with E-state index in [4.69, 9.17) is 11.6 Å². The van der Waals surface area contributed by atoms with E-state index < -0.39 is 0 Å². The maximum Gasteiger partial charge on any atom is 0.142 e. The number of aliphatic hydroxyl groups is 1. The van der Waals surface area contributed by atoms with Gasteiger partial charge in [-0.3, -0.25) is 4.90 Å². The number of benzene rings is 1. The minimum atomic E-state index is -0.366. The van der Waals surface area contributed by atoms with E-state index >= 15 is 0 Å². The highest BCUT2D eigenvalue weighted by molar-refractivity contribution is 6.31. The number of rotatable bonds is 2. The highest BCUT2D eigenvalue weighted by Gasteiger charge is 2.24. The number of piperidine rings is 1. The SMILES string of the molecule is CC1CN(Cc2cccc(F)c2Cl)CCC1O. The molecule has 0 aliphatic carbocycles. The van der Waals surface area contributed by atoms with Gasteiger partial charge in [0.1, 0.15) is 5.82 Å². The quantitative estimate of drug-likeness (QED) is 0.881. The van der Waals surface area contributed by atoms with Gasteiger partial charge in [0.2, 0.25) is 0 Å². The number of hydrogen-bond acceptors (Lipinski definition) is 2. The smallest absolute Gasteiger partial charge is 0.142 e. The topological polar surface area (TPSA) is 23.5 Å². The van der Waals surface area contributed by atoms with Crippen LogP contribution in [0.15, 0.2) is 18.2 Å². The first-order valence-electron chi connectivity index (χ1n) is 5.91. The van der Waals surface area contributed by atoms with Crippen LogP contribution in [0.5, 0.6) is 0 Å². The van der Waals surface area contributed by atoms with Crippen LogP contribution in [0, 0.1) is 11.7 Å². The number of aliphatic hydroxyl groups excluding tert-OH is 1. The lowest BCUT2D eigenvalue weighted by Crippen LogP contribution is -2.41. The van der Waals surface area contributed by atoms with Crippen molar-refractivity contribution >= 4 is 11.6 Å². The summed E-state index contributed by atoms with van der Waals surface area (Å²) in [6, 6.07) is 4.90. The van der Waals surface area contributed by atoms with Crippen molar-refractivity contribution in [3.8, 4) is 0 Å². The number of hydrogen-bond donors (Lipinski definition) is 1. The van der Waals surface area contributed by atoms with Gasteiger partial charge in [0.05, 0.1) is 11.1 Å². The molecule has 17 heavy (non-hydrogen) atoms. The molecule has 1 aliphatic heterocycles. The van der Waals surface area contributed by atoms with Gasteiger partial charge in [-0.25, -0.2) is 4.39 Å². The summed E-state index contributed by atoms with van der Waals surface area (Å²) in [4.78, 5) is 2.21. The number of likely N-dealkylation sites (tertiary alicyclic amines) is 1. The molecule has 2 rings (SSSR count). The molecule has 0 aromatic heterocycles. The van der Waals surface area contributed by atoms with Gasteiger partial charge in [-0.05, 0) is 24.0 Å². The zero-order valence-corrected chi connectivity index (χ0v) is 10.6. The molecule has 1 N–H and O–H groups in total. The van der Waals surface area contributed by atoms with Crippen molar-refractivity contribution in [3.63, 3.8) is 0 Å². The fourth-order valence-corrected chi connectivity index (χ4v) is 2.46. The molecule has 1 aliphatic rings. The molecular weight excluding hydrogens is 241 g/mol. The molecule has 94 valence electrons. The van der Waals surface area contributed by atoms with E-state index in [9.17, 15) is 9.50 Å². The molecule has 1 fully saturated rings. The molecule has 0 saturated carbocycles. The van der Waals surface area contributed by atoms with E-state index in [1.165, 1.54) is 6.07 Å². The van der Waals surface area contributed by atoms with Gasteiger partial charge >= 0.3 is 0 Å². The van der Waals surface area contributed by atoms with Crippen molar-refractivity contribution in [2.24, 2.45) is 5.92 Å².